The van der Waals surface area contributed by atoms with E-state index in [2.05, 4.69) is 23.7 Å². The largest absolute Gasteiger partial charge is 0.329 e. The van der Waals surface area contributed by atoms with Crippen LogP contribution in [0.4, 0.5) is 0 Å². The molecule has 20 heavy (non-hydrogen) atoms. The normalized spacial score (nSPS) is 12.9. The first-order valence-corrected chi connectivity index (χ1v) is 7.53. The first kappa shape index (κ1) is 17.0. The molecule has 0 spiro atoms. The number of nitrogens with zero attached hydrogens (tertiary/aromatic N) is 2. The molecule has 6 heteroatoms. The van der Waals surface area contributed by atoms with Gasteiger partial charge < -0.3 is 4.90 Å². The second-order valence-corrected chi connectivity index (χ2v) is 5.44. The molecule has 0 aliphatic rings. The summed E-state index contributed by atoms with van der Waals surface area (Å²) < 4.78 is 1.27. The van der Waals surface area contributed by atoms with Crippen LogP contribution < -0.4 is 11.2 Å². The molecule has 0 fully saturated rings. The van der Waals surface area contributed by atoms with Gasteiger partial charge in [0.05, 0.1) is 0 Å². The van der Waals surface area contributed by atoms with Crippen LogP contribution in [0.15, 0.2) is 9.59 Å². The van der Waals surface area contributed by atoms with Crippen molar-refractivity contribution in [3.05, 3.63) is 31.6 Å². The zero-order chi connectivity index (χ0) is 15.3. The molecule has 1 unspecified atom stereocenters. The van der Waals surface area contributed by atoms with Crippen molar-refractivity contribution in [2.24, 2.45) is 0 Å². The molecule has 1 aromatic heterocycles. The predicted octanol–water partition coefficient (Wildman–Crippen LogP) is 2.18. The van der Waals surface area contributed by atoms with Gasteiger partial charge in [-0.05, 0) is 46.3 Å². The summed E-state index contributed by atoms with van der Waals surface area (Å²) in [7, 11) is 0. The average Bonchev–Trinajstić information content (AvgIpc) is 2.41. The second kappa shape index (κ2) is 7.64. The van der Waals surface area contributed by atoms with E-state index in [9.17, 15) is 9.59 Å². The third kappa shape index (κ3) is 3.96. The second-order valence-electron chi connectivity index (χ2n) is 5.06. The lowest BCUT2D eigenvalue weighted by molar-refractivity contribution is 0.286. The van der Waals surface area contributed by atoms with Gasteiger partial charge >= 0.3 is 5.69 Å². The fourth-order valence-corrected chi connectivity index (χ4v) is 2.46. The van der Waals surface area contributed by atoms with E-state index in [1.807, 2.05) is 6.92 Å². The molecular weight excluding hydrogens is 278 g/mol. The van der Waals surface area contributed by atoms with E-state index in [1.54, 1.807) is 6.92 Å². The molecule has 1 rings (SSSR count). The number of rotatable bonds is 7. The van der Waals surface area contributed by atoms with Crippen LogP contribution in [0.25, 0.3) is 0 Å². The van der Waals surface area contributed by atoms with Crippen LogP contribution in [0.5, 0.6) is 0 Å². The maximum absolute atomic E-state index is 12.1. The third-order valence-electron chi connectivity index (χ3n) is 3.74. The Morgan fingerprint density at radius 2 is 1.90 bits per heavy atom. The molecule has 1 atom stereocenters. The summed E-state index contributed by atoms with van der Waals surface area (Å²) in [5.74, 6) is 0. The number of H-pyrrole nitrogens is 1. The summed E-state index contributed by atoms with van der Waals surface area (Å²) >= 11 is 5.80. The Kier molecular flexibility index (Phi) is 6.49. The highest BCUT2D eigenvalue weighted by Crippen LogP contribution is 2.11. The maximum Gasteiger partial charge on any atom is 0.329 e. The highest BCUT2D eigenvalue weighted by molar-refractivity contribution is 6.30. The topological polar surface area (TPSA) is 58.1 Å². The van der Waals surface area contributed by atoms with Gasteiger partial charge in [-0.25, -0.2) is 4.79 Å². The van der Waals surface area contributed by atoms with Crippen molar-refractivity contribution in [3.63, 3.8) is 0 Å². The van der Waals surface area contributed by atoms with Crippen LogP contribution in [-0.4, -0.2) is 34.1 Å². The van der Waals surface area contributed by atoms with Crippen molar-refractivity contribution in [3.8, 4) is 0 Å². The number of aromatic amines is 1. The standard InChI is InChI=1S/C14H24ClN3O2/c1-5-17(6-2)9-7-8-10(3)18-13(19)11(4)12(15)16-14(18)20/h10H,5-9H2,1-4H3,(H,16,20). The van der Waals surface area contributed by atoms with Crippen molar-refractivity contribution in [1.82, 2.24) is 14.5 Å². The molecule has 1 aromatic rings. The third-order valence-corrected chi connectivity index (χ3v) is 4.11. The fraction of sp³-hybridized carbons (Fsp3) is 0.714. The monoisotopic (exact) mass is 301 g/mol. The number of hydrogen-bond donors (Lipinski definition) is 1. The SMILES string of the molecule is CCN(CC)CCCC(C)n1c(=O)[nH]c(Cl)c(C)c1=O. The van der Waals surface area contributed by atoms with Crippen LogP contribution in [-0.2, 0) is 0 Å². The summed E-state index contributed by atoms with van der Waals surface area (Å²) in [5, 5.41) is 0.131. The van der Waals surface area contributed by atoms with Crippen LogP contribution in [0.1, 0.15) is 45.2 Å². The van der Waals surface area contributed by atoms with E-state index in [4.69, 9.17) is 11.6 Å². The molecule has 5 nitrogen and oxygen atoms in total. The molecular formula is C14H24ClN3O2. The highest BCUT2D eigenvalue weighted by atomic mass is 35.5. The summed E-state index contributed by atoms with van der Waals surface area (Å²) in [6.07, 6.45) is 1.75. The van der Waals surface area contributed by atoms with Gasteiger partial charge in [-0.2, -0.15) is 0 Å². The minimum absolute atomic E-state index is 0.127. The molecule has 0 aliphatic carbocycles. The van der Waals surface area contributed by atoms with Crippen molar-refractivity contribution in [1.29, 1.82) is 0 Å². The van der Waals surface area contributed by atoms with Gasteiger partial charge in [0.2, 0.25) is 0 Å². The average molecular weight is 302 g/mol. The number of aromatic nitrogens is 2. The molecule has 0 saturated carbocycles. The van der Waals surface area contributed by atoms with Crippen molar-refractivity contribution < 1.29 is 0 Å². The lowest BCUT2D eigenvalue weighted by atomic mass is 10.1. The lowest BCUT2D eigenvalue weighted by Crippen LogP contribution is -2.38. The Labute approximate surface area is 124 Å². The Balaban J connectivity index is 2.79. The molecule has 0 bridgehead atoms. The first-order chi connectivity index (χ1) is 9.42. The molecule has 0 aromatic carbocycles. The van der Waals surface area contributed by atoms with Gasteiger partial charge in [0.15, 0.2) is 0 Å². The summed E-state index contributed by atoms with van der Waals surface area (Å²) in [4.78, 5) is 28.8. The highest BCUT2D eigenvalue weighted by Gasteiger charge is 2.14. The van der Waals surface area contributed by atoms with Gasteiger partial charge in [0.25, 0.3) is 5.56 Å². The molecule has 0 radical (unpaired) electrons. The number of nitrogens with one attached hydrogen (secondary N) is 1. The first-order valence-electron chi connectivity index (χ1n) is 7.15. The molecule has 1 N–H and O–H groups in total. The van der Waals surface area contributed by atoms with Gasteiger partial charge in [-0.1, -0.05) is 25.4 Å². The smallest absolute Gasteiger partial charge is 0.304 e. The molecule has 0 amide bonds. The Hall–Kier alpha value is -1.07. The zero-order valence-corrected chi connectivity index (χ0v) is 13.5. The van der Waals surface area contributed by atoms with E-state index in [1.165, 1.54) is 4.57 Å². The van der Waals surface area contributed by atoms with Crippen LogP contribution in [0, 0.1) is 6.92 Å². The van der Waals surface area contributed by atoms with Crippen LogP contribution in [0.3, 0.4) is 0 Å². The summed E-state index contributed by atoms with van der Waals surface area (Å²) in [6, 6.07) is -0.127. The van der Waals surface area contributed by atoms with Crippen molar-refractivity contribution in [2.45, 2.75) is 46.6 Å². The van der Waals surface area contributed by atoms with E-state index in [0.717, 1.165) is 32.5 Å². The van der Waals surface area contributed by atoms with Crippen molar-refractivity contribution in [2.75, 3.05) is 19.6 Å². The van der Waals surface area contributed by atoms with Gasteiger partial charge in [0, 0.05) is 11.6 Å². The molecule has 1 heterocycles. The Morgan fingerprint density at radius 3 is 2.45 bits per heavy atom. The predicted molar refractivity (Wildman–Crippen MR) is 82.8 cm³/mol. The van der Waals surface area contributed by atoms with Gasteiger partial charge in [-0.3, -0.25) is 14.3 Å². The molecule has 0 saturated heterocycles. The Morgan fingerprint density at radius 1 is 1.30 bits per heavy atom. The van der Waals surface area contributed by atoms with Crippen LogP contribution in [0.2, 0.25) is 5.15 Å². The van der Waals surface area contributed by atoms with Crippen LogP contribution >= 0.6 is 11.6 Å². The van der Waals surface area contributed by atoms with E-state index in [0.29, 0.717) is 5.56 Å². The summed E-state index contributed by atoms with van der Waals surface area (Å²) in [6.45, 7) is 10.8. The minimum atomic E-state index is -0.430. The van der Waals surface area contributed by atoms with E-state index >= 15 is 0 Å². The molecule has 114 valence electrons. The summed E-state index contributed by atoms with van der Waals surface area (Å²) in [5.41, 5.74) is -0.336. The van der Waals surface area contributed by atoms with Gasteiger partial charge in [0.1, 0.15) is 5.15 Å². The van der Waals surface area contributed by atoms with E-state index < -0.39 is 5.69 Å². The zero-order valence-electron chi connectivity index (χ0n) is 12.7. The lowest BCUT2D eigenvalue weighted by Gasteiger charge is -2.20. The maximum atomic E-state index is 12.1. The molecule has 0 aliphatic heterocycles. The van der Waals surface area contributed by atoms with Gasteiger partial charge in [-0.15, -0.1) is 0 Å². The quantitative estimate of drug-likeness (QED) is 0.785. The van der Waals surface area contributed by atoms with E-state index in [-0.39, 0.29) is 16.8 Å². The number of hydrogen-bond acceptors (Lipinski definition) is 3. The van der Waals surface area contributed by atoms with Crippen molar-refractivity contribution >= 4 is 11.6 Å². The number of halogens is 1. The fourth-order valence-electron chi connectivity index (χ4n) is 2.29. The Bertz CT molecular complexity index is 546. The minimum Gasteiger partial charge on any atom is -0.304 e.